The number of aliphatic hydroxyl groups is 1. The first-order chi connectivity index (χ1) is 12.8. The number of thioether (sulfide) groups is 1. The maximum atomic E-state index is 14.2. The molecule has 0 aliphatic carbocycles. The minimum atomic E-state index is -2.15. The van der Waals surface area contributed by atoms with E-state index in [-0.39, 0.29) is 27.9 Å². The molecule has 0 aromatic heterocycles. The van der Waals surface area contributed by atoms with Gasteiger partial charge in [-0.1, -0.05) is 47.6 Å². The van der Waals surface area contributed by atoms with Crippen LogP contribution >= 0.6 is 23.4 Å². The van der Waals surface area contributed by atoms with Crippen LogP contribution in [0.4, 0.5) is 10.1 Å². The second-order valence-electron chi connectivity index (χ2n) is 6.16. The number of hydrogen-bond acceptors (Lipinski definition) is 5. The number of fused-ring (bicyclic) bond motifs is 1. The van der Waals surface area contributed by atoms with Crippen LogP contribution in [-0.2, 0) is 21.7 Å². The van der Waals surface area contributed by atoms with Crippen molar-refractivity contribution in [3.05, 3.63) is 64.4 Å². The van der Waals surface area contributed by atoms with Crippen LogP contribution < -0.4 is 10.6 Å². The van der Waals surface area contributed by atoms with Gasteiger partial charge in [-0.2, -0.15) is 4.99 Å². The van der Waals surface area contributed by atoms with Crippen molar-refractivity contribution in [1.82, 2.24) is 0 Å². The monoisotopic (exact) mass is 405 g/mol. The van der Waals surface area contributed by atoms with Crippen molar-refractivity contribution in [2.75, 3.05) is 4.90 Å². The number of para-hydroxylation sites is 1. The zero-order chi connectivity index (χ0) is 19.3. The number of anilines is 1. The number of amides is 2. The first kappa shape index (κ1) is 18.0. The number of aliphatic imine (C=N–C) groups is 1. The summed E-state index contributed by atoms with van der Waals surface area (Å²) in [4.78, 5) is 30.2. The van der Waals surface area contributed by atoms with E-state index in [0.717, 1.165) is 11.8 Å². The van der Waals surface area contributed by atoms with E-state index >= 15 is 0 Å². The summed E-state index contributed by atoms with van der Waals surface area (Å²) in [6.07, 6.45) is 0. The lowest BCUT2D eigenvalue weighted by Crippen LogP contribution is -2.49. The fourth-order valence-corrected chi connectivity index (χ4v) is 4.50. The van der Waals surface area contributed by atoms with Crippen molar-refractivity contribution in [2.45, 2.75) is 17.4 Å². The molecule has 2 amide bonds. The largest absolute Gasteiger partial charge is 0.378 e. The Labute approximate surface area is 162 Å². The first-order valence-electron chi connectivity index (χ1n) is 7.95. The van der Waals surface area contributed by atoms with Gasteiger partial charge in [0.25, 0.3) is 11.8 Å². The number of rotatable bonds is 3. The van der Waals surface area contributed by atoms with Gasteiger partial charge < -0.3 is 15.7 Å². The Kier molecular flexibility index (Phi) is 4.21. The number of nitrogens with zero attached hydrogens (tertiary/aromatic N) is 2. The number of carbonyl (C=O) groups excluding carboxylic acids is 2. The second-order valence-corrected chi connectivity index (χ2v) is 7.69. The Balaban J connectivity index is 1.80. The molecule has 0 spiro atoms. The van der Waals surface area contributed by atoms with Crippen LogP contribution in [0.1, 0.15) is 11.1 Å². The molecule has 0 fully saturated rings. The van der Waals surface area contributed by atoms with E-state index in [1.54, 1.807) is 24.3 Å². The summed E-state index contributed by atoms with van der Waals surface area (Å²) in [5.74, 6) is -2.00. The quantitative estimate of drug-likeness (QED) is 0.815. The summed E-state index contributed by atoms with van der Waals surface area (Å²) in [6, 6.07) is 10.7. The van der Waals surface area contributed by atoms with Gasteiger partial charge in [-0.05, 0) is 18.2 Å². The molecule has 2 atom stereocenters. The van der Waals surface area contributed by atoms with Crippen LogP contribution in [0, 0.1) is 5.82 Å². The highest BCUT2D eigenvalue weighted by Crippen LogP contribution is 2.48. The van der Waals surface area contributed by atoms with Gasteiger partial charge in [-0.3, -0.25) is 9.59 Å². The van der Waals surface area contributed by atoms with Crippen molar-refractivity contribution < 1.29 is 19.1 Å². The average molecular weight is 406 g/mol. The van der Waals surface area contributed by atoms with E-state index in [2.05, 4.69) is 4.99 Å². The zero-order valence-electron chi connectivity index (χ0n) is 13.7. The molecule has 2 aliphatic rings. The molecule has 0 radical (unpaired) electrons. The first-order valence-corrected chi connectivity index (χ1v) is 9.21. The van der Waals surface area contributed by atoms with Crippen molar-refractivity contribution in [3.63, 3.8) is 0 Å². The minimum Gasteiger partial charge on any atom is -0.378 e. The predicted octanol–water partition coefficient (Wildman–Crippen LogP) is 2.17. The number of carbonyl (C=O) groups is 2. The Hall–Kier alpha value is -2.42. The maximum absolute atomic E-state index is 14.2. The van der Waals surface area contributed by atoms with Gasteiger partial charge in [-0.25, -0.2) is 4.39 Å². The molecule has 0 saturated heterocycles. The molecule has 6 nitrogen and oxygen atoms in total. The minimum absolute atomic E-state index is 0.0145. The van der Waals surface area contributed by atoms with Gasteiger partial charge in [0.2, 0.25) is 0 Å². The Morgan fingerprint density at radius 2 is 2.00 bits per heavy atom. The molecule has 4 rings (SSSR count). The SMILES string of the molecule is NC1=NC(=O)[C@H]([C@]2(O)C(=O)N(Cc3c(F)cccc3Cl)c3ccccc32)S1. The van der Waals surface area contributed by atoms with Gasteiger partial charge in [0.15, 0.2) is 10.8 Å². The number of benzene rings is 2. The highest BCUT2D eigenvalue weighted by Gasteiger charge is 2.59. The number of nitrogens with two attached hydrogens (primary N) is 1. The lowest BCUT2D eigenvalue weighted by Gasteiger charge is -2.26. The summed E-state index contributed by atoms with van der Waals surface area (Å²) in [7, 11) is 0. The highest BCUT2D eigenvalue weighted by atomic mass is 35.5. The van der Waals surface area contributed by atoms with Crippen molar-refractivity contribution in [3.8, 4) is 0 Å². The van der Waals surface area contributed by atoms with Crippen LogP contribution in [0.15, 0.2) is 47.5 Å². The number of halogens is 2. The Morgan fingerprint density at radius 1 is 1.26 bits per heavy atom. The summed E-state index contributed by atoms with van der Waals surface area (Å²) >= 11 is 6.92. The molecule has 138 valence electrons. The summed E-state index contributed by atoms with van der Waals surface area (Å²) in [5, 5.41) is 10.2. The van der Waals surface area contributed by atoms with E-state index < -0.39 is 28.5 Å². The van der Waals surface area contributed by atoms with E-state index in [9.17, 15) is 19.1 Å². The predicted molar refractivity (Wildman–Crippen MR) is 101 cm³/mol. The molecule has 27 heavy (non-hydrogen) atoms. The van der Waals surface area contributed by atoms with Gasteiger partial charge in [0.1, 0.15) is 11.1 Å². The summed E-state index contributed by atoms with van der Waals surface area (Å²) in [6.45, 7) is -0.189. The molecule has 2 aromatic carbocycles. The van der Waals surface area contributed by atoms with Crippen LogP contribution in [0.3, 0.4) is 0 Å². The summed E-state index contributed by atoms with van der Waals surface area (Å²) in [5.41, 5.74) is 4.19. The third-order valence-corrected chi connectivity index (χ3v) is 6.08. The van der Waals surface area contributed by atoms with E-state index in [0.29, 0.717) is 5.69 Å². The van der Waals surface area contributed by atoms with Crippen LogP contribution in [0.2, 0.25) is 5.02 Å². The topological polar surface area (TPSA) is 96.0 Å². The summed E-state index contributed by atoms with van der Waals surface area (Å²) < 4.78 is 14.2. The maximum Gasteiger partial charge on any atom is 0.265 e. The highest BCUT2D eigenvalue weighted by molar-refractivity contribution is 8.15. The van der Waals surface area contributed by atoms with Crippen LogP contribution in [0.5, 0.6) is 0 Å². The molecular formula is C18H13ClFN3O3S. The second kappa shape index (κ2) is 6.33. The lowest BCUT2D eigenvalue weighted by molar-refractivity contribution is -0.140. The molecule has 2 aliphatic heterocycles. The smallest absolute Gasteiger partial charge is 0.265 e. The molecule has 0 bridgehead atoms. The molecule has 0 unspecified atom stereocenters. The van der Waals surface area contributed by atoms with Crippen molar-refractivity contribution >= 4 is 46.0 Å². The fraction of sp³-hybridized carbons (Fsp3) is 0.167. The lowest BCUT2D eigenvalue weighted by atomic mass is 9.91. The van der Waals surface area contributed by atoms with Crippen LogP contribution in [-0.4, -0.2) is 27.3 Å². The van der Waals surface area contributed by atoms with E-state index in [4.69, 9.17) is 17.3 Å². The van der Waals surface area contributed by atoms with Crippen LogP contribution in [0.25, 0.3) is 0 Å². The number of amidine groups is 1. The molecule has 3 N–H and O–H groups in total. The third kappa shape index (κ3) is 2.63. The zero-order valence-corrected chi connectivity index (χ0v) is 15.3. The molecule has 2 aromatic rings. The molecule has 0 saturated carbocycles. The third-order valence-electron chi connectivity index (χ3n) is 4.62. The standard InChI is InChI=1S/C18H13ClFN3O3S/c19-11-5-3-6-12(20)9(11)8-23-13-7-2-1-4-10(13)18(26,16(23)25)14-15(24)22-17(21)27-14/h1-7,14,26H,8H2,(H2,21,22,24)/t14-,18+/m1/s1. The van der Waals surface area contributed by atoms with E-state index in [1.165, 1.54) is 23.1 Å². The van der Waals surface area contributed by atoms with E-state index in [1.807, 2.05) is 0 Å². The molecule has 2 heterocycles. The number of hydrogen-bond donors (Lipinski definition) is 2. The van der Waals surface area contributed by atoms with Gasteiger partial charge in [0.05, 0.1) is 12.2 Å². The molecular weight excluding hydrogens is 393 g/mol. The fourth-order valence-electron chi connectivity index (χ4n) is 3.34. The Morgan fingerprint density at radius 3 is 2.67 bits per heavy atom. The molecule has 9 heteroatoms. The normalized spacial score (nSPS) is 24.3. The van der Waals surface area contributed by atoms with Crippen molar-refractivity contribution in [2.24, 2.45) is 10.7 Å². The van der Waals surface area contributed by atoms with Gasteiger partial charge in [-0.15, -0.1) is 0 Å². The van der Waals surface area contributed by atoms with Crippen molar-refractivity contribution in [1.29, 1.82) is 0 Å². The average Bonchev–Trinajstić information content (AvgIpc) is 3.08. The van der Waals surface area contributed by atoms with Gasteiger partial charge in [0, 0.05) is 16.1 Å². The Bertz CT molecular complexity index is 995. The van der Waals surface area contributed by atoms with Gasteiger partial charge >= 0.3 is 0 Å².